The second kappa shape index (κ2) is 5.50. The van der Waals surface area contributed by atoms with Crippen molar-refractivity contribution in [2.24, 2.45) is 11.8 Å². The van der Waals surface area contributed by atoms with Crippen molar-refractivity contribution in [2.45, 2.75) is 33.3 Å². The number of hydrogen-bond donors (Lipinski definition) is 1. The fraction of sp³-hybridized carbons (Fsp3) is 0.600. The fourth-order valence-corrected chi connectivity index (χ4v) is 2.90. The van der Waals surface area contributed by atoms with Crippen molar-refractivity contribution in [1.29, 1.82) is 0 Å². The first-order chi connectivity index (χ1) is 8.49. The molecule has 0 amide bonds. The van der Waals surface area contributed by atoms with Crippen LogP contribution in [-0.2, 0) is 0 Å². The number of rotatable bonds is 3. The van der Waals surface area contributed by atoms with Crippen molar-refractivity contribution in [3.8, 4) is 0 Å². The van der Waals surface area contributed by atoms with Crippen LogP contribution >= 0.6 is 11.6 Å². The van der Waals surface area contributed by atoms with Gasteiger partial charge in [-0.3, -0.25) is 0 Å². The number of aliphatic hydroxyl groups is 1. The molecule has 1 aromatic carbocycles. The molecule has 1 fully saturated rings. The maximum atomic E-state index is 9.55. The van der Waals surface area contributed by atoms with Crippen molar-refractivity contribution in [3.05, 3.63) is 28.8 Å². The lowest BCUT2D eigenvalue weighted by Crippen LogP contribution is -2.21. The van der Waals surface area contributed by atoms with E-state index in [0.717, 1.165) is 41.2 Å². The molecule has 1 unspecified atom stereocenters. The summed E-state index contributed by atoms with van der Waals surface area (Å²) in [4.78, 5) is 2.36. The number of anilines is 1. The molecule has 1 aromatic rings. The van der Waals surface area contributed by atoms with E-state index in [-0.39, 0.29) is 0 Å². The Labute approximate surface area is 115 Å². The zero-order valence-corrected chi connectivity index (χ0v) is 12.1. The maximum absolute atomic E-state index is 9.55. The van der Waals surface area contributed by atoms with Crippen LogP contribution in [0.5, 0.6) is 0 Å². The van der Waals surface area contributed by atoms with Gasteiger partial charge in [0.25, 0.3) is 0 Å². The second-order valence-corrected chi connectivity index (χ2v) is 6.03. The van der Waals surface area contributed by atoms with Gasteiger partial charge in [-0.25, -0.2) is 0 Å². The van der Waals surface area contributed by atoms with E-state index >= 15 is 0 Å². The van der Waals surface area contributed by atoms with Gasteiger partial charge in [-0.15, -0.1) is 0 Å². The minimum atomic E-state index is -0.460. The molecular weight excluding hydrogens is 246 g/mol. The summed E-state index contributed by atoms with van der Waals surface area (Å²) in [6.07, 6.45) is 0.783. The average molecular weight is 268 g/mol. The largest absolute Gasteiger partial charge is 0.389 e. The van der Waals surface area contributed by atoms with E-state index < -0.39 is 6.10 Å². The van der Waals surface area contributed by atoms with Gasteiger partial charge in [0.1, 0.15) is 0 Å². The molecule has 0 aromatic heterocycles. The Balaban J connectivity index is 2.15. The fourth-order valence-electron chi connectivity index (χ4n) is 2.59. The van der Waals surface area contributed by atoms with Gasteiger partial charge in [0, 0.05) is 13.1 Å². The SMILES string of the molecule is CC(C)C1CCN(c2ccc([C@@H](C)O)cc2Cl)C1. The summed E-state index contributed by atoms with van der Waals surface area (Å²) >= 11 is 6.33. The zero-order chi connectivity index (χ0) is 13.3. The first-order valence-corrected chi connectivity index (χ1v) is 7.09. The van der Waals surface area contributed by atoms with E-state index in [2.05, 4.69) is 18.7 Å². The topological polar surface area (TPSA) is 23.5 Å². The third kappa shape index (κ3) is 2.81. The molecule has 2 atom stereocenters. The second-order valence-electron chi connectivity index (χ2n) is 5.63. The van der Waals surface area contributed by atoms with Crippen molar-refractivity contribution >= 4 is 17.3 Å². The van der Waals surface area contributed by atoms with Gasteiger partial charge in [-0.2, -0.15) is 0 Å². The Morgan fingerprint density at radius 2 is 2.06 bits per heavy atom. The van der Waals surface area contributed by atoms with E-state index in [9.17, 15) is 5.11 Å². The Hall–Kier alpha value is -0.730. The molecule has 1 saturated heterocycles. The van der Waals surface area contributed by atoms with Gasteiger partial charge in [0.15, 0.2) is 0 Å². The average Bonchev–Trinajstić information content (AvgIpc) is 2.78. The third-order valence-corrected chi connectivity index (χ3v) is 4.27. The number of halogens is 1. The monoisotopic (exact) mass is 267 g/mol. The van der Waals surface area contributed by atoms with E-state index in [1.54, 1.807) is 6.92 Å². The zero-order valence-electron chi connectivity index (χ0n) is 11.4. The molecule has 3 heteroatoms. The molecule has 1 N–H and O–H groups in total. The standard InChI is InChI=1S/C15H22ClNO/c1-10(2)13-6-7-17(9-13)15-5-4-12(11(3)18)8-14(15)16/h4-5,8,10-11,13,18H,6-7,9H2,1-3H3/t11-,13?/m1/s1. The number of aliphatic hydroxyl groups excluding tert-OH is 1. The minimum Gasteiger partial charge on any atom is -0.389 e. The van der Waals surface area contributed by atoms with Crippen LogP contribution in [-0.4, -0.2) is 18.2 Å². The highest BCUT2D eigenvalue weighted by molar-refractivity contribution is 6.33. The van der Waals surface area contributed by atoms with Crippen molar-refractivity contribution in [2.75, 3.05) is 18.0 Å². The Morgan fingerprint density at radius 1 is 1.33 bits per heavy atom. The smallest absolute Gasteiger partial charge is 0.0762 e. The molecular formula is C15H22ClNO. The predicted molar refractivity (Wildman–Crippen MR) is 77.2 cm³/mol. The number of hydrogen-bond acceptors (Lipinski definition) is 2. The first-order valence-electron chi connectivity index (χ1n) is 6.71. The van der Waals surface area contributed by atoms with Crippen LogP contribution in [0.25, 0.3) is 0 Å². The van der Waals surface area contributed by atoms with Crippen LogP contribution in [0.2, 0.25) is 5.02 Å². The number of nitrogens with zero attached hydrogens (tertiary/aromatic N) is 1. The maximum Gasteiger partial charge on any atom is 0.0762 e. The van der Waals surface area contributed by atoms with Gasteiger partial charge in [-0.1, -0.05) is 31.5 Å². The summed E-state index contributed by atoms with van der Waals surface area (Å²) in [5.41, 5.74) is 1.98. The van der Waals surface area contributed by atoms with E-state index in [4.69, 9.17) is 11.6 Å². The lowest BCUT2D eigenvalue weighted by molar-refractivity contribution is 0.199. The van der Waals surface area contributed by atoms with Crippen LogP contribution in [0.4, 0.5) is 5.69 Å². The van der Waals surface area contributed by atoms with Crippen LogP contribution in [0.3, 0.4) is 0 Å². The third-order valence-electron chi connectivity index (χ3n) is 3.96. The number of benzene rings is 1. The minimum absolute atomic E-state index is 0.460. The quantitative estimate of drug-likeness (QED) is 0.899. The molecule has 2 rings (SSSR count). The molecule has 1 aliphatic heterocycles. The summed E-state index contributed by atoms with van der Waals surface area (Å²) in [7, 11) is 0. The summed E-state index contributed by atoms with van der Waals surface area (Å²) in [5.74, 6) is 1.49. The van der Waals surface area contributed by atoms with E-state index in [0.29, 0.717) is 0 Å². The molecule has 100 valence electrons. The van der Waals surface area contributed by atoms with E-state index in [1.165, 1.54) is 6.42 Å². The molecule has 0 bridgehead atoms. The van der Waals surface area contributed by atoms with Crippen LogP contribution in [0.15, 0.2) is 18.2 Å². The molecule has 0 spiro atoms. The lowest BCUT2D eigenvalue weighted by atomic mass is 9.95. The van der Waals surface area contributed by atoms with Crippen molar-refractivity contribution in [3.63, 3.8) is 0 Å². The van der Waals surface area contributed by atoms with Crippen LogP contribution < -0.4 is 4.90 Å². The van der Waals surface area contributed by atoms with Crippen LogP contribution in [0, 0.1) is 11.8 Å². The lowest BCUT2D eigenvalue weighted by Gasteiger charge is -2.22. The molecule has 0 saturated carbocycles. The van der Waals surface area contributed by atoms with Gasteiger partial charge < -0.3 is 10.0 Å². The Kier molecular flexibility index (Phi) is 4.18. The summed E-state index contributed by atoms with van der Waals surface area (Å²) in [5, 5.41) is 10.3. The van der Waals surface area contributed by atoms with E-state index in [1.807, 2.05) is 18.2 Å². The highest BCUT2D eigenvalue weighted by atomic mass is 35.5. The van der Waals surface area contributed by atoms with Crippen LogP contribution in [0.1, 0.15) is 38.9 Å². The Morgan fingerprint density at radius 3 is 2.56 bits per heavy atom. The van der Waals surface area contributed by atoms with Gasteiger partial charge in [0.2, 0.25) is 0 Å². The molecule has 18 heavy (non-hydrogen) atoms. The molecule has 1 aliphatic rings. The molecule has 1 heterocycles. The molecule has 0 aliphatic carbocycles. The highest BCUT2D eigenvalue weighted by Gasteiger charge is 2.26. The van der Waals surface area contributed by atoms with Gasteiger partial charge in [0.05, 0.1) is 16.8 Å². The predicted octanol–water partition coefficient (Wildman–Crippen LogP) is 3.88. The van der Waals surface area contributed by atoms with Gasteiger partial charge in [-0.05, 0) is 42.9 Å². The molecule has 0 radical (unpaired) electrons. The summed E-state index contributed by atoms with van der Waals surface area (Å²) in [6, 6.07) is 5.88. The first kappa shape index (κ1) is 13.7. The molecule has 2 nitrogen and oxygen atoms in total. The normalized spacial score (nSPS) is 21.7. The highest BCUT2D eigenvalue weighted by Crippen LogP contribution is 2.34. The Bertz CT molecular complexity index is 417. The van der Waals surface area contributed by atoms with Crippen molar-refractivity contribution < 1.29 is 5.11 Å². The van der Waals surface area contributed by atoms with Gasteiger partial charge >= 0.3 is 0 Å². The van der Waals surface area contributed by atoms with Crippen molar-refractivity contribution in [1.82, 2.24) is 0 Å². The summed E-state index contributed by atoms with van der Waals surface area (Å²) < 4.78 is 0. The summed E-state index contributed by atoms with van der Waals surface area (Å²) in [6.45, 7) is 8.50.